The summed E-state index contributed by atoms with van der Waals surface area (Å²) in [7, 11) is 0. The van der Waals surface area contributed by atoms with E-state index in [9.17, 15) is 14.9 Å². The fourth-order valence-electron chi connectivity index (χ4n) is 4.90. The van der Waals surface area contributed by atoms with Gasteiger partial charge < -0.3 is 9.80 Å². The first-order chi connectivity index (χ1) is 17.9. The average Bonchev–Trinajstić information content (AvgIpc) is 3.18. The molecule has 194 valence electrons. The molecule has 3 heterocycles. The molecule has 0 saturated carbocycles. The van der Waals surface area contributed by atoms with Crippen LogP contribution in [-0.4, -0.2) is 63.9 Å². The largest absolute Gasteiger partial charge is 0.355 e. The van der Waals surface area contributed by atoms with Crippen LogP contribution in [0.4, 0.5) is 5.82 Å². The van der Waals surface area contributed by atoms with Crippen molar-refractivity contribution in [2.75, 3.05) is 44.2 Å². The summed E-state index contributed by atoms with van der Waals surface area (Å²) in [6.07, 6.45) is 3.33. The molecule has 2 fully saturated rings. The maximum atomic E-state index is 13.4. The van der Waals surface area contributed by atoms with E-state index in [0.717, 1.165) is 56.1 Å². The Morgan fingerprint density at radius 3 is 2.41 bits per heavy atom. The summed E-state index contributed by atoms with van der Waals surface area (Å²) in [6, 6.07) is 12.2. The van der Waals surface area contributed by atoms with Gasteiger partial charge in [-0.3, -0.25) is 19.1 Å². The number of benzene rings is 1. The highest BCUT2D eigenvalue weighted by Gasteiger charge is 2.33. The minimum atomic E-state index is -0.262. The first-order valence-electron chi connectivity index (χ1n) is 12.8. The highest BCUT2D eigenvalue weighted by molar-refractivity contribution is 8.26. The molecule has 0 bridgehead atoms. The Bertz CT molecular complexity index is 1300. The van der Waals surface area contributed by atoms with Gasteiger partial charge in [0.1, 0.15) is 21.8 Å². The van der Waals surface area contributed by atoms with Crippen molar-refractivity contribution >= 4 is 46.1 Å². The van der Waals surface area contributed by atoms with Crippen LogP contribution in [0.5, 0.6) is 0 Å². The first-order valence-corrected chi connectivity index (χ1v) is 14.1. The van der Waals surface area contributed by atoms with Crippen LogP contribution in [0.25, 0.3) is 6.08 Å². The fourth-order valence-corrected chi connectivity index (χ4v) is 6.19. The highest BCUT2D eigenvalue weighted by Crippen LogP contribution is 2.36. The molecule has 4 rings (SSSR count). The van der Waals surface area contributed by atoms with Crippen LogP contribution in [0.15, 0.2) is 40.0 Å². The number of thioether (sulfide) groups is 1. The van der Waals surface area contributed by atoms with Gasteiger partial charge in [-0.25, -0.2) is 0 Å². The second-order valence-electron chi connectivity index (χ2n) is 9.30. The van der Waals surface area contributed by atoms with Crippen molar-refractivity contribution in [3.63, 3.8) is 0 Å². The van der Waals surface area contributed by atoms with Crippen LogP contribution in [0.2, 0.25) is 0 Å². The van der Waals surface area contributed by atoms with Crippen molar-refractivity contribution in [2.45, 2.75) is 40.2 Å². The average molecular weight is 536 g/mol. The predicted octanol–water partition coefficient (Wildman–Crippen LogP) is 4.02. The topological polar surface area (TPSA) is 72.6 Å². The minimum Gasteiger partial charge on any atom is -0.355 e. The van der Waals surface area contributed by atoms with E-state index < -0.39 is 0 Å². The Labute approximate surface area is 228 Å². The number of amides is 1. The van der Waals surface area contributed by atoms with Gasteiger partial charge in [0, 0.05) is 44.8 Å². The Kier molecular flexibility index (Phi) is 8.85. The zero-order valence-electron chi connectivity index (χ0n) is 21.7. The molecule has 37 heavy (non-hydrogen) atoms. The van der Waals surface area contributed by atoms with Gasteiger partial charge in [-0.15, -0.1) is 0 Å². The van der Waals surface area contributed by atoms with Crippen molar-refractivity contribution in [2.24, 2.45) is 0 Å². The lowest BCUT2D eigenvalue weighted by atomic mass is 10.0. The van der Waals surface area contributed by atoms with E-state index in [1.54, 1.807) is 9.47 Å². The van der Waals surface area contributed by atoms with Gasteiger partial charge in [-0.2, -0.15) is 5.26 Å². The maximum absolute atomic E-state index is 13.4. The molecule has 0 unspecified atom stereocenters. The molecule has 7 nitrogen and oxygen atoms in total. The molecule has 0 radical (unpaired) electrons. The molecule has 2 saturated heterocycles. The lowest BCUT2D eigenvalue weighted by molar-refractivity contribution is -0.122. The number of nitrogens with zero attached hydrogens (tertiary/aromatic N) is 5. The summed E-state index contributed by atoms with van der Waals surface area (Å²) in [4.78, 5) is 33.6. The van der Waals surface area contributed by atoms with Gasteiger partial charge in [-0.05, 0) is 43.5 Å². The Morgan fingerprint density at radius 2 is 1.78 bits per heavy atom. The Hall–Kier alpha value is -2.93. The van der Waals surface area contributed by atoms with E-state index in [-0.39, 0.29) is 17.0 Å². The van der Waals surface area contributed by atoms with Crippen LogP contribution in [0.3, 0.4) is 0 Å². The number of rotatable bonds is 8. The van der Waals surface area contributed by atoms with Gasteiger partial charge in [0.05, 0.1) is 4.91 Å². The number of thiocarbonyl (C=S) groups is 1. The van der Waals surface area contributed by atoms with Gasteiger partial charge in [0.2, 0.25) is 0 Å². The molecular weight excluding hydrogens is 502 g/mol. The maximum Gasteiger partial charge on any atom is 0.270 e. The van der Waals surface area contributed by atoms with E-state index in [2.05, 4.69) is 22.8 Å². The van der Waals surface area contributed by atoms with Crippen molar-refractivity contribution in [3.8, 4) is 6.07 Å². The molecule has 2 aliphatic rings. The first kappa shape index (κ1) is 27.1. The number of pyridine rings is 1. The molecule has 0 atom stereocenters. The summed E-state index contributed by atoms with van der Waals surface area (Å²) in [6.45, 7) is 11.3. The van der Waals surface area contributed by atoms with E-state index in [4.69, 9.17) is 12.2 Å². The highest BCUT2D eigenvalue weighted by atomic mass is 32.2. The molecule has 2 aromatic rings. The zero-order chi connectivity index (χ0) is 26.5. The molecule has 0 spiro atoms. The second kappa shape index (κ2) is 12.1. The van der Waals surface area contributed by atoms with Crippen LogP contribution >= 0.6 is 24.0 Å². The van der Waals surface area contributed by atoms with E-state index in [1.807, 2.05) is 50.3 Å². The molecule has 9 heteroatoms. The van der Waals surface area contributed by atoms with Gasteiger partial charge in [-0.1, -0.05) is 68.2 Å². The van der Waals surface area contributed by atoms with Crippen molar-refractivity contribution in [1.29, 1.82) is 5.26 Å². The molecule has 0 aliphatic carbocycles. The number of nitriles is 1. The molecule has 1 amide bonds. The standard InChI is InChI=1S/C28H33N5O2S2/c1-4-12-32-25(31-16-14-30(5-2)15-17-31)22(20(3)23(19-29)26(32)34)18-24-27(35)33(28(36)37-24)13-11-21-9-7-6-8-10-21/h6-10,18H,4-5,11-17H2,1-3H3/b24-18+. The monoisotopic (exact) mass is 535 g/mol. The van der Waals surface area contributed by atoms with Gasteiger partial charge in [0.15, 0.2) is 0 Å². The molecule has 0 N–H and O–H groups in total. The van der Waals surface area contributed by atoms with Crippen LogP contribution in [0, 0.1) is 18.3 Å². The number of carbonyl (C=O) groups excluding carboxylic acids is 1. The molecule has 2 aliphatic heterocycles. The number of anilines is 1. The Balaban J connectivity index is 1.74. The zero-order valence-corrected chi connectivity index (χ0v) is 23.3. The summed E-state index contributed by atoms with van der Waals surface area (Å²) in [5, 5.41) is 9.85. The van der Waals surface area contributed by atoms with Crippen LogP contribution in [0.1, 0.15) is 42.5 Å². The Morgan fingerprint density at radius 1 is 1.08 bits per heavy atom. The normalized spacial score (nSPS) is 17.6. The van der Waals surface area contributed by atoms with Crippen molar-refractivity contribution in [3.05, 3.63) is 67.8 Å². The quantitative estimate of drug-likeness (QED) is 0.373. The summed E-state index contributed by atoms with van der Waals surface area (Å²) < 4.78 is 2.26. The van der Waals surface area contributed by atoms with Crippen molar-refractivity contribution < 1.29 is 4.79 Å². The number of piperazine rings is 1. The number of hydrogen-bond donors (Lipinski definition) is 0. The number of aromatic nitrogens is 1. The van der Waals surface area contributed by atoms with E-state index in [0.29, 0.717) is 34.3 Å². The predicted molar refractivity (Wildman–Crippen MR) is 155 cm³/mol. The lowest BCUT2D eigenvalue weighted by Gasteiger charge is -2.37. The smallest absolute Gasteiger partial charge is 0.270 e. The second-order valence-corrected chi connectivity index (χ2v) is 11.0. The third kappa shape index (κ3) is 5.66. The van der Waals surface area contributed by atoms with Crippen LogP contribution < -0.4 is 10.5 Å². The SMILES string of the molecule is CCCn1c(N2CCN(CC)CC2)c(/C=C2/SC(=S)N(CCc3ccccc3)C2=O)c(C)c(C#N)c1=O. The molecule has 1 aromatic heterocycles. The summed E-state index contributed by atoms with van der Waals surface area (Å²) in [5.74, 6) is 0.674. The number of carbonyl (C=O) groups is 1. The number of likely N-dealkylation sites (N-methyl/N-ethyl adjacent to an activating group) is 1. The van der Waals surface area contributed by atoms with E-state index >= 15 is 0 Å². The third-order valence-corrected chi connectivity index (χ3v) is 8.41. The molecule has 1 aromatic carbocycles. The van der Waals surface area contributed by atoms with Crippen molar-refractivity contribution in [1.82, 2.24) is 14.4 Å². The third-order valence-electron chi connectivity index (χ3n) is 7.03. The lowest BCUT2D eigenvalue weighted by Crippen LogP contribution is -2.48. The minimum absolute atomic E-state index is 0.126. The summed E-state index contributed by atoms with van der Waals surface area (Å²) >= 11 is 6.87. The van der Waals surface area contributed by atoms with Gasteiger partial charge >= 0.3 is 0 Å². The number of hydrogen-bond acceptors (Lipinski definition) is 7. The molecular formula is C28H33N5O2S2. The van der Waals surface area contributed by atoms with Gasteiger partial charge in [0.25, 0.3) is 11.5 Å². The van der Waals surface area contributed by atoms with E-state index in [1.165, 1.54) is 11.8 Å². The fraction of sp³-hybridized carbons (Fsp3) is 0.429. The summed E-state index contributed by atoms with van der Waals surface area (Å²) in [5.41, 5.74) is 2.40. The van der Waals surface area contributed by atoms with Crippen LogP contribution in [-0.2, 0) is 17.8 Å².